The number of carbonyl (C=O) groups is 1. The maximum atomic E-state index is 12.5. The van der Waals surface area contributed by atoms with Gasteiger partial charge < -0.3 is 10.2 Å². The van der Waals surface area contributed by atoms with Crippen LogP contribution in [0.3, 0.4) is 0 Å². The number of sulfonamides is 1. The van der Waals surface area contributed by atoms with Crippen LogP contribution in [0.5, 0.6) is 0 Å². The Bertz CT molecular complexity index is 888. The third kappa shape index (κ3) is 5.11. The minimum atomic E-state index is -3.28. The van der Waals surface area contributed by atoms with Crippen molar-refractivity contribution in [2.45, 2.75) is 38.0 Å². The van der Waals surface area contributed by atoms with Gasteiger partial charge in [0.05, 0.1) is 5.25 Å². The molecule has 1 heterocycles. The third-order valence-electron chi connectivity index (χ3n) is 4.98. The van der Waals surface area contributed by atoms with Gasteiger partial charge in [0, 0.05) is 24.8 Å². The van der Waals surface area contributed by atoms with Crippen LogP contribution in [-0.4, -0.2) is 43.7 Å². The highest BCUT2D eigenvalue weighted by Crippen LogP contribution is 2.21. The molecule has 1 aliphatic rings. The molecular formula is C21H27N3O3S. The molecule has 0 radical (unpaired) electrons. The van der Waals surface area contributed by atoms with Gasteiger partial charge in [-0.1, -0.05) is 42.5 Å². The zero-order valence-corrected chi connectivity index (χ0v) is 17.1. The summed E-state index contributed by atoms with van der Waals surface area (Å²) in [6, 6.07) is 17.6. The van der Waals surface area contributed by atoms with Gasteiger partial charge in [-0.05, 0) is 49.9 Å². The van der Waals surface area contributed by atoms with E-state index in [4.69, 9.17) is 0 Å². The molecule has 0 spiro atoms. The summed E-state index contributed by atoms with van der Waals surface area (Å²) in [4.78, 5) is 14.2. The van der Waals surface area contributed by atoms with Gasteiger partial charge in [-0.3, -0.25) is 0 Å². The number of rotatable bonds is 5. The summed E-state index contributed by atoms with van der Waals surface area (Å²) in [6.45, 7) is 4.38. The zero-order chi connectivity index (χ0) is 20.1. The summed E-state index contributed by atoms with van der Waals surface area (Å²) in [5, 5.41) is 2.47. The van der Waals surface area contributed by atoms with Crippen LogP contribution in [0.15, 0.2) is 54.6 Å². The number of anilines is 1. The smallest absolute Gasteiger partial charge is 0.321 e. The molecule has 2 amide bonds. The van der Waals surface area contributed by atoms with Gasteiger partial charge in [-0.25, -0.2) is 17.9 Å². The van der Waals surface area contributed by atoms with Crippen molar-refractivity contribution in [3.8, 4) is 11.1 Å². The minimum Gasteiger partial charge on any atom is -0.324 e. The van der Waals surface area contributed by atoms with E-state index >= 15 is 0 Å². The van der Waals surface area contributed by atoms with Crippen LogP contribution in [0, 0.1) is 0 Å². The number of nitrogens with one attached hydrogen (secondary N) is 2. The van der Waals surface area contributed by atoms with E-state index < -0.39 is 15.3 Å². The molecule has 0 atom stereocenters. The van der Waals surface area contributed by atoms with Crippen LogP contribution in [0.1, 0.15) is 26.7 Å². The number of hydrogen-bond acceptors (Lipinski definition) is 3. The molecule has 1 aliphatic heterocycles. The highest BCUT2D eigenvalue weighted by molar-refractivity contribution is 7.90. The van der Waals surface area contributed by atoms with E-state index in [0.717, 1.165) is 16.8 Å². The second-order valence-electron chi connectivity index (χ2n) is 7.35. The van der Waals surface area contributed by atoms with Crippen molar-refractivity contribution in [2.75, 3.05) is 18.4 Å². The van der Waals surface area contributed by atoms with E-state index in [0.29, 0.717) is 25.9 Å². The summed E-state index contributed by atoms with van der Waals surface area (Å²) >= 11 is 0. The van der Waals surface area contributed by atoms with Gasteiger partial charge in [0.15, 0.2) is 0 Å². The average Bonchev–Trinajstić information content (AvgIpc) is 2.69. The summed E-state index contributed by atoms with van der Waals surface area (Å²) in [7, 11) is -3.28. The predicted molar refractivity (Wildman–Crippen MR) is 113 cm³/mol. The summed E-state index contributed by atoms with van der Waals surface area (Å²) < 4.78 is 26.7. The number of carbonyl (C=O) groups excluding carboxylic acids is 1. The summed E-state index contributed by atoms with van der Waals surface area (Å²) in [5.41, 5.74) is 2.97. The van der Waals surface area contributed by atoms with Crippen molar-refractivity contribution in [1.82, 2.24) is 9.62 Å². The molecule has 1 saturated heterocycles. The Kier molecular flexibility index (Phi) is 6.36. The Morgan fingerprint density at radius 1 is 0.964 bits per heavy atom. The topological polar surface area (TPSA) is 78.5 Å². The second-order valence-corrected chi connectivity index (χ2v) is 9.61. The molecular weight excluding hydrogens is 374 g/mol. The van der Waals surface area contributed by atoms with Gasteiger partial charge in [0.1, 0.15) is 0 Å². The number of benzene rings is 2. The first-order valence-corrected chi connectivity index (χ1v) is 11.1. The quantitative estimate of drug-likeness (QED) is 0.802. The molecule has 0 aromatic heterocycles. The Morgan fingerprint density at radius 2 is 1.54 bits per heavy atom. The molecule has 7 heteroatoms. The molecule has 2 aromatic rings. The van der Waals surface area contributed by atoms with Crippen LogP contribution in [0.4, 0.5) is 10.5 Å². The number of nitrogens with zero attached hydrogens (tertiary/aromatic N) is 1. The first-order chi connectivity index (χ1) is 13.3. The molecule has 0 unspecified atom stereocenters. The third-order valence-corrected chi connectivity index (χ3v) is 6.88. The SMILES string of the molecule is CC(C)S(=O)(=O)NC1CCN(C(=O)Nc2ccc(-c3ccccc3)cc2)CC1. The fourth-order valence-electron chi connectivity index (χ4n) is 3.15. The van der Waals surface area contributed by atoms with Crippen LogP contribution in [-0.2, 0) is 10.0 Å². The highest BCUT2D eigenvalue weighted by Gasteiger charge is 2.27. The molecule has 3 rings (SSSR count). The van der Waals surface area contributed by atoms with E-state index in [1.54, 1.807) is 18.7 Å². The van der Waals surface area contributed by atoms with E-state index in [1.165, 1.54) is 0 Å². The first-order valence-electron chi connectivity index (χ1n) is 9.58. The Morgan fingerprint density at radius 3 is 2.11 bits per heavy atom. The van der Waals surface area contributed by atoms with Gasteiger partial charge in [0.2, 0.25) is 10.0 Å². The summed E-state index contributed by atoms with van der Waals surface area (Å²) in [5.74, 6) is 0. The van der Waals surface area contributed by atoms with Gasteiger partial charge in [0.25, 0.3) is 0 Å². The van der Waals surface area contributed by atoms with Crippen molar-refractivity contribution in [3.63, 3.8) is 0 Å². The fraction of sp³-hybridized carbons (Fsp3) is 0.381. The van der Waals surface area contributed by atoms with Crippen LogP contribution < -0.4 is 10.0 Å². The summed E-state index contributed by atoms with van der Waals surface area (Å²) in [6.07, 6.45) is 1.23. The molecule has 2 aromatic carbocycles. The molecule has 6 nitrogen and oxygen atoms in total. The maximum absolute atomic E-state index is 12.5. The Hall–Kier alpha value is -2.38. The molecule has 0 bridgehead atoms. The van der Waals surface area contributed by atoms with E-state index in [2.05, 4.69) is 10.0 Å². The van der Waals surface area contributed by atoms with Gasteiger partial charge >= 0.3 is 6.03 Å². The largest absolute Gasteiger partial charge is 0.324 e. The first kappa shape index (κ1) is 20.4. The number of hydrogen-bond donors (Lipinski definition) is 2. The number of urea groups is 1. The lowest BCUT2D eigenvalue weighted by atomic mass is 10.1. The minimum absolute atomic E-state index is 0.110. The molecule has 0 saturated carbocycles. The number of amides is 2. The molecule has 28 heavy (non-hydrogen) atoms. The second kappa shape index (κ2) is 8.75. The lowest BCUT2D eigenvalue weighted by Gasteiger charge is -2.32. The molecule has 0 aliphatic carbocycles. The average molecular weight is 402 g/mol. The standard InChI is InChI=1S/C21H27N3O3S/c1-16(2)28(26,27)23-20-12-14-24(15-13-20)21(25)22-19-10-8-18(9-11-19)17-6-4-3-5-7-17/h3-11,16,20,23H,12-15H2,1-2H3,(H,22,25). The Labute approximate surface area is 167 Å². The van der Waals surface area contributed by atoms with Crippen LogP contribution in [0.25, 0.3) is 11.1 Å². The van der Waals surface area contributed by atoms with Gasteiger partial charge in [-0.2, -0.15) is 0 Å². The number of likely N-dealkylation sites (tertiary alicyclic amines) is 1. The van der Waals surface area contributed by atoms with Crippen molar-refractivity contribution < 1.29 is 13.2 Å². The monoisotopic (exact) mass is 401 g/mol. The van der Waals surface area contributed by atoms with E-state index in [-0.39, 0.29) is 12.1 Å². The molecule has 1 fully saturated rings. The number of piperidine rings is 1. The lowest BCUT2D eigenvalue weighted by molar-refractivity contribution is 0.193. The highest BCUT2D eigenvalue weighted by atomic mass is 32.2. The van der Waals surface area contributed by atoms with Crippen molar-refractivity contribution in [1.29, 1.82) is 0 Å². The lowest BCUT2D eigenvalue weighted by Crippen LogP contribution is -2.48. The normalized spacial score (nSPS) is 15.6. The van der Waals surface area contributed by atoms with Gasteiger partial charge in [-0.15, -0.1) is 0 Å². The van der Waals surface area contributed by atoms with Crippen molar-refractivity contribution in [2.24, 2.45) is 0 Å². The zero-order valence-electron chi connectivity index (χ0n) is 16.3. The molecule has 150 valence electrons. The van der Waals surface area contributed by atoms with E-state index in [9.17, 15) is 13.2 Å². The predicted octanol–water partition coefficient (Wildman–Crippen LogP) is 3.68. The van der Waals surface area contributed by atoms with Crippen LogP contribution >= 0.6 is 0 Å². The van der Waals surface area contributed by atoms with Crippen LogP contribution in [0.2, 0.25) is 0 Å². The van der Waals surface area contributed by atoms with E-state index in [1.807, 2.05) is 54.6 Å². The maximum Gasteiger partial charge on any atom is 0.321 e. The molecule has 2 N–H and O–H groups in total. The fourth-order valence-corrected chi connectivity index (χ4v) is 4.12. The Balaban J connectivity index is 1.52. The van der Waals surface area contributed by atoms with Crippen molar-refractivity contribution >= 4 is 21.7 Å². The van der Waals surface area contributed by atoms with Crippen molar-refractivity contribution in [3.05, 3.63) is 54.6 Å².